The topological polar surface area (TPSA) is 98.0 Å². The summed E-state index contributed by atoms with van der Waals surface area (Å²) in [5, 5.41) is 7.76. The second kappa shape index (κ2) is 13.7. The minimum Gasteiger partial charge on any atom is -0.339 e. The molecule has 0 saturated carbocycles. The number of benzene rings is 2. The summed E-state index contributed by atoms with van der Waals surface area (Å²) in [6.45, 7) is 5.48. The van der Waals surface area contributed by atoms with Gasteiger partial charge in [0.25, 0.3) is 0 Å². The van der Waals surface area contributed by atoms with Crippen molar-refractivity contribution in [2.75, 3.05) is 19.3 Å². The van der Waals surface area contributed by atoms with Crippen molar-refractivity contribution >= 4 is 59.2 Å². The molecule has 6 rings (SSSR count). The molecule has 5 atom stereocenters. The van der Waals surface area contributed by atoms with Crippen molar-refractivity contribution in [2.24, 2.45) is 5.92 Å². The molecule has 5 unspecified atom stereocenters. The van der Waals surface area contributed by atoms with Gasteiger partial charge in [-0.3, -0.25) is 14.7 Å². The van der Waals surface area contributed by atoms with Gasteiger partial charge in [0.05, 0.1) is 28.5 Å². The Morgan fingerprint density at radius 1 is 1.13 bits per heavy atom. The van der Waals surface area contributed by atoms with Crippen molar-refractivity contribution in [1.82, 2.24) is 30.0 Å². The fraction of sp³-hybridized carbons (Fsp3) is 0.400. The van der Waals surface area contributed by atoms with Crippen LogP contribution in [0.15, 0.2) is 48.5 Å². The van der Waals surface area contributed by atoms with Gasteiger partial charge in [0, 0.05) is 47.8 Å². The van der Waals surface area contributed by atoms with Crippen LogP contribution in [0, 0.1) is 17.8 Å². The van der Waals surface area contributed by atoms with Gasteiger partial charge in [-0.05, 0) is 68.2 Å². The molecule has 4 heterocycles. The molecule has 2 N–H and O–H groups in total. The fourth-order valence-corrected chi connectivity index (χ4v) is 7.28. The molecule has 4 aromatic rings. The lowest BCUT2D eigenvalue weighted by molar-refractivity contribution is -0.136. The largest absolute Gasteiger partial charge is 0.339 e. The van der Waals surface area contributed by atoms with E-state index >= 15 is 0 Å². The Morgan fingerprint density at radius 2 is 1.89 bits per heavy atom. The number of aromatic nitrogens is 4. The lowest BCUT2D eigenvalue weighted by Crippen LogP contribution is -2.44. The van der Waals surface area contributed by atoms with Crippen LogP contribution in [0.1, 0.15) is 74.6 Å². The molecule has 2 aromatic heterocycles. The van der Waals surface area contributed by atoms with E-state index in [4.69, 9.17) is 17.6 Å². The molecule has 46 heavy (non-hydrogen) atoms. The lowest BCUT2D eigenvalue weighted by Gasteiger charge is -2.34. The van der Waals surface area contributed by atoms with E-state index in [2.05, 4.69) is 55.6 Å². The first-order valence-corrected chi connectivity index (χ1v) is 18.3. The predicted molar refractivity (Wildman–Crippen MR) is 193 cm³/mol. The predicted octanol–water partition coefficient (Wildman–Crippen LogP) is 6.39. The van der Waals surface area contributed by atoms with Crippen LogP contribution < -0.4 is 0 Å². The van der Waals surface area contributed by atoms with Crippen molar-refractivity contribution in [2.45, 2.75) is 62.5 Å². The van der Waals surface area contributed by atoms with Gasteiger partial charge in [0.1, 0.15) is 10.7 Å². The molecular formula is C35H40N6O2P2S. The SMILES string of the molecule is C=PC(C)CC(=O)N1CCCC1c1cc(-c2ccc(C#Cc3ccc4nc(C5(S)CCCN5C(=O)C(C)CP)[nH]c4c3)cc2)n[nH]1. The van der Waals surface area contributed by atoms with Gasteiger partial charge in [0.2, 0.25) is 11.8 Å². The smallest absolute Gasteiger partial charge is 0.227 e. The Morgan fingerprint density at radius 3 is 2.65 bits per heavy atom. The van der Waals surface area contributed by atoms with E-state index in [-0.39, 0.29) is 29.4 Å². The molecule has 2 saturated heterocycles. The average Bonchev–Trinajstić information content (AvgIpc) is 3.89. The molecule has 0 aliphatic carbocycles. The minimum atomic E-state index is -0.744. The van der Waals surface area contributed by atoms with Gasteiger partial charge >= 0.3 is 0 Å². The number of H-pyrrole nitrogens is 2. The Hall–Kier alpha value is -3.43. The van der Waals surface area contributed by atoms with Crippen LogP contribution in [-0.2, 0) is 14.5 Å². The monoisotopic (exact) mass is 670 g/mol. The van der Waals surface area contributed by atoms with Crippen molar-refractivity contribution in [3.05, 3.63) is 71.2 Å². The number of thiol groups is 1. The highest BCUT2D eigenvalue weighted by Crippen LogP contribution is 2.42. The van der Waals surface area contributed by atoms with Crippen molar-refractivity contribution < 1.29 is 9.59 Å². The zero-order valence-corrected chi connectivity index (χ0v) is 29.2. The maximum Gasteiger partial charge on any atom is 0.227 e. The molecule has 2 fully saturated rings. The van der Waals surface area contributed by atoms with Crippen LogP contribution in [0.2, 0.25) is 0 Å². The molecule has 238 valence electrons. The summed E-state index contributed by atoms with van der Waals surface area (Å²) in [4.78, 5) is 37.3. The van der Waals surface area contributed by atoms with Gasteiger partial charge < -0.3 is 14.8 Å². The van der Waals surface area contributed by atoms with Crippen LogP contribution in [0.25, 0.3) is 22.3 Å². The number of likely N-dealkylation sites (tertiary alicyclic amines) is 2. The van der Waals surface area contributed by atoms with E-state index in [0.29, 0.717) is 25.0 Å². The van der Waals surface area contributed by atoms with Crippen molar-refractivity contribution in [3.8, 4) is 23.1 Å². The average molecular weight is 671 g/mol. The van der Waals surface area contributed by atoms with Crippen LogP contribution >= 0.6 is 30.1 Å². The second-order valence-corrected chi connectivity index (χ2v) is 14.8. The number of carbonyl (C=O) groups excluding carboxylic acids is 2. The summed E-state index contributed by atoms with van der Waals surface area (Å²) in [7, 11) is 3.66. The number of amides is 2. The highest BCUT2D eigenvalue weighted by atomic mass is 32.1. The maximum atomic E-state index is 13.1. The van der Waals surface area contributed by atoms with Crippen LogP contribution in [0.4, 0.5) is 0 Å². The summed E-state index contributed by atoms with van der Waals surface area (Å²) in [6.07, 6.45) is 8.73. The number of carbonyl (C=O) groups is 2. The highest BCUT2D eigenvalue weighted by molar-refractivity contribution is 7.81. The first-order valence-electron chi connectivity index (χ1n) is 15.9. The summed E-state index contributed by atoms with van der Waals surface area (Å²) in [5.41, 5.74) is 6.55. The van der Waals surface area contributed by atoms with E-state index < -0.39 is 4.87 Å². The summed E-state index contributed by atoms with van der Waals surface area (Å²) < 4.78 is 0. The second-order valence-electron chi connectivity index (χ2n) is 12.4. The molecule has 2 aromatic carbocycles. The van der Waals surface area contributed by atoms with E-state index in [1.807, 2.05) is 59.2 Å². The van der Waals surface area contributed by atoms with E-state index in [1.165, 1.54) is 0 Å². The third-order valence-corrected chi connectivity index (χ3v) is 11.3. The number of imidazole rings is 1. The number of hydrogen-bond donors (Lipinski definition) is 3. The standard InChI is InChI=1S/C35H40N6O2P2S/c1-22(21-44)33(43)41-17-5-15-35(41,46)34-36-27-14-11-25(19-29(27)37-34)8-7-24-9-12-26(13-10-24)28-20-30(39-38-28)31-6-4-16-40(31)32(42)18-23(2)45-3/h9-14,19-20,22-23,31,46H,3-6,15-18,21,44H2,1-2H3,(H,36,37)(H,38,39). The van der Waals surface area contributed by atoms with E-state index in [1.54, 1.807) is 0 Å². The number of rotatable bonds is 8. The third kappa shape index (κ3) is 6.54. The fourth-order valence-electron chi connectivity index (χ4n) is 6.33. The minimum absolute atomic E-state index is 0.0395. The molecule has 0 spiro atoms. The van der Waals surface area contributed by atoms with Gasteiger partial charge in [-0.15, -0.1) is 30.1 Å². The van der Waals surface area contributed by atoms with Gasteiger partial charge in [-0.1, -0.05) is 44.1 Å². The molecular weight excluding hydrogens is 630 g/mol. The summed E-state index contributed by atoms with van der Waals surface area (Å²) in [5.74, 6) is 7.47. The highest BCUT2D eigenvalue weighted by Gasteiger charge is 2.45. The van der Waals surface area contributed by atoms with Crippen LogP contribution in [0.5, 0.6) is 0 Å². The number of nitrogens with one attached hydrogen (secondary N) is 2. The first kappa shape index (κ1) is 32.5. The van der Waals surface area contributed by atoms with Gasteiger partial charge in [-0.25, -0.2) is 4.98 Å². The molecule has 2 amide bonds. The maximum absolute atomic E-state index is 13.1. The quantitative estimate of drug-likeness (QED) is 0.115. The molecule has 2 aliphatic heterocycles. The summed E-state index contributed by atoms with van der Waals surface area (Å²) in [6, 6.07) is 16.1. The molecule has 0 radical (unpaired) electrons. The van der Waals surface area contributed by atoms with Crippen LogP contribution in [0.3, 0.4) is 0 Å². The Kier molecular flexibility index (Phi) is 9.71. The Balaban J connectivity index is 1.15. The van der Waals surface area contributed by atoms with Gasteiger partial charge in [0.15, 0.2) is 0 Å². The van der Waals surface area contributed by atoms with Crippen molar-refractivity contribution in [1.29, 1.82) is 0 Å². The zero-order chi connectivity index (χ0) is 32.4. The zero-order valence-electron chi connectivity index (χ0n) is 26.3. The molecule has 8 nitrogen and oxygen atoms in total. The Labute approximate surface area is 279 Å². The summed E-state index contributed by atoms with van der Waals surface area (Å²) >= 11 is 5.00. The number of aromatic amines is 2. The third-order valence-electron chi connectivity index (χ3n) is 9.10. The van der Waals surface area contributed by atoms with Gasteiger partial charge in [-0.2, -0.15) is 5.10 Å². The van der Waals surface area contributed by atoms with E-state index in [0.717, 1.165) is 79.5 Å². The van der Waals surface area contributed by atoms with Crippen molar-refractivity contribution in [3.63, 3.8) is 0 Å². The molecule has 11 heteroatoms. The normalized spacial score (nSPS) is 21.0. The van der Waals surface area contributed by atoms with Crippen LogP contribution in [-0.4, -0.2) is 73.0 Å². The van der Waals surface area contributed by atoms with E-state index in [9.17, 15) is 9.59 Å². The lowest BCUT2D eigenvalue weighted by atomic mass is 10.1. The number of nitrogens with zero attached hydrogens (tertiary/aromatic N) is 4. The Bertz CT molecular complexity index is 1830. The molecule has 0 bridgehead atoms. The number of hydrogen-bond acceptors (Lipinski definition) is 5. The number of fused-ring (bicyclic) bond motifs is 1. The first-order chi connectivity index (χ1) is 22.2. The molecule has 2 aliphatic rings.